The molecule has 1 fully saturated rings. The van der Waals surface area contributed by atoms with E-state index in [9.17, 15) is 9.59 Å². The molecule has 0 aromatic carbocycles. The molecule has 1 saturated carbocycles. The number of aromatic amines is 1. The van der Waals surface area contributed by atoms with Crippen molar-refractivity contribution in [2.24, 2.45) is 0 Å². The Morgan fingerprint density at radius 3 is 3.05 bits per heavy atom. The zero-order valence-electron chi connectivity index (χ0n) is 11.1. The van der Waals surface area contributed by atoms with Crippen molar-refractivity contribution in [3.8, 4) is 0 Å². The Bertz CT molecular complexity index is 718. The van der Waals surface area contributed by atoms with Crippen LogP contribution in [-0.2, 0) is 17.9 Å². The highest BCUT2D eigenvalue weighted by Crippen LogP contribution is 2.37. The minimum atomic E-state index is -0.982. The Hall–Kier alpha value is -2.71. The van der Waals surface area contributed by atoms with Crippen LogP contribution in [0, 0.1) is 0 Å². The first kappa shape index (κ1) is 13.3. The van der Waals surface area contributed by atoms with Crippen LogP contribution in [0.5, 0.6) is 0 Å². The molecule has 0 bridgehead atoms. The van der Waals surface area contributed by atoms with Crippen LogP contribution in [0.1, 0.15) is 30.3 Å². The van der Waals surface area contributed by atoms with E-state index in [0.717, 1.165) is 12.8 Å². The molecule has 9 nitrogen and oxygen atoms in total. The molecule has 0 amide bonds. The number of aromatic nitrogens is 5. The second-order valence-electron chi connectivity index (χ2n) is 4.94. The van der Waals surface area contributed by atoms with Gasteiger partial charge in [-0.3, -0.25) is 9.59 Å². The number of aliphatic carboxylic acids is 1. The van der Waals surface area contributed by atoms with E-state index in [2.05, 4.69) is 25.6 Å². The Balaban J connectivity index is 1.65. The molecule has 1 aliphatic carbocycles. The highest BCUT2D eigenvalue weighted by Gasteiger charge is 2.26. The summed E-state index contributed by atoms with van der Waals surface area (Å²) >= 11 is 0. The van der Waals surface area contributed by atoms with E-state index in [1.807, 2.05) is 0 Å². The van der Waals surface area contributed by atoms with Crippen molar-refractivity contribution < 1.29 is 9.90 Å². The predicted octanol–water partition coefficient (Wildman–Crippen LogP) is -0.0645. The molecule has 0 saturated heterocycles. The lowest BCUT2D eigenvalue weighted by Gasteiger charge is -2.04. The van der Waals surface area contributed by atoms with Crippen molar-refractivity contribution >= 4 is 11.8 Å². The molecule has 9 heteroatoms. The summed E-state index contributed by atoms with van der Waals surface area (Å²) in [4.78, 5) is 29.2. The number of rotatable bonds is 6. The topological polar surface area (TPSA) is 126 Å². The van der Waals surface area contributed by atoms with E-state index in [1.54, 1.807) is 0 Å². The van der Waals surface area contributed by atoms with Gasteiger partial charge in [-0.15, -0.1) is 5.10 Å². The third-order valence-corrected chi connectivity index (χ3v) is 3.06. The average Bonchev–Trinajstić information content (AvgIpc) is 3.18. The molecule has 0 atom stereocenters. The van der Waals surface area contributed by atoms with Crippen LogP contribution in [0.2, 0.25) is 0 Å². The molecule has 0 radical (unpaired) electrons. The quantitative estimate of drug-likeness (QED) is 0.680. The zero-order valence-corrected chi connectivity index (χ0v) is 11.1. The Morgan fingerprint density at radius 1 is 1.52 bits per heavy atom. The lowest BCUT2D eigenvalue weighted by Crippen LogP contribution is -2.13. The van der Waals surface area contributed by atoms with Gasteiger partial charge < -0.3 is 15.4 Å². The second kappa shape index (κ2) is 5.35. The van der Waals surface area contributed by atoms with E-state index in [-0.39, 0.29) is 12.1 Å². The number of hydrogen-bond donors (Lipinski definition) is 3. The number of carboxylic acid groups (broad SMARTS) is 1. The molecule has 0 aliphatic heterocycles. The number of anilines is 1. The van der Waals surface area contributed by atoms with Crippen LogP contribution < -0.4 is 10.9 Å². The standard InChI is InChI=1S/C12H14N6O3/c19-10-3-9(14-12(15-10)7-1-2-7)13-4-8-5-18(17-16-8)6-11(20)21/h3,5,7H,1-2,4,6H2,(H,20,21)(H2,13,14,15,19). The van der Waals surface area contributed by atoms with Gasteiger partial charge in [-0.25, -0.2) is 9.67 Å². The lowest BCUT2D eigenvalue weighted by atomic mass is 10.4. The minimum absolute atomic E-state index is 0.191. The Morgan fingerprint density at radius 2 is 2.33 bits per heavy atom. The maximum Gasteiger partial charge on any atom is 0.325 e. The van der Waals surface area contributed by atoms with Gasteiger partial charge in [0.15, 0.2) is 0 Å². The fourth-order valence-corrected chi connectivity index (χ4v) is 1.93. The first-order valence-electron chi connectivity index (χ1n) is 6.56. The monoisotopic (exact) mass is 290 g/mol. The molecule has 3 N–H and O–H groups in total. The van der Waals surface area contributed by atoms with Crippen LogP contribution in [0.4, 0.5) is 5.82 Å². The third kappa shape index (κ3) is 3.44. The van der Waals surface area contributed by atoms with E-state index in [0.29, 0.717) is 29.8 Å². The van der Waals surface area contributed by atoms with E-state index in [1.165, 1.54) is 16.9 Å². The van der Waals surface area contributed by atoms with Crippen LogP contribution in [0.15, 0.2) is 17.1 Å². The Kier molecular flexibility index (Phi) is 3.38. The number of nitrogens with one attached hydrogen (secondary N) is 2. The summed E-state index contributed by atoms with van der Waals surface area (Å²) < 4.78 is 1.24. The van der Waals surface area contributed by atoms with Gasteiger partial charge in [-0.2, -0.15) is 0 Å². The maximum atomic E-state index is 11.5. The average molecular weight is 290 g/mol. The van der Waals surface area contributed by atoms with Gasteiger partial charge in [0.05, 0.1) is 12.7 Å². The molecular formula is C12H14N6O3. The number of hydrogen-bond acceptors (Lipinski definition) is 6. The maximum absolute atomic E-state index is 11.5. The molecule has 2 heterocycles. The van der Waals surface area contributed by atoms with E-state index < -0.39 is 5.97 Å². The molecule has 0 spiro atoms. The van der Waals surface area contributed by atoms with Crippen molar-refractivity contribution in [1.29, 1.82) is 0 Å². The van der Waals surface area contributed by atoms with Crippen molar-refractivity contribution in [3.05, 3.63) is 34.1 Å². The van der Waals surface area contributed by atoms with Gasteiger partial charge in [0.2, 0.25) is 0 Å². The summed E-state index contributed by atoms with van der Waals surface area (Å²) in [5.41, 5.74) is 0.384. The number of nitrogens with zero attached hydrogens (tertiary/aromatic N) is 4. The number of H-pyrrole nitrogens is 1. The number of carboxylic acids is 1. The number of carbonyl (C=O) groups is 1. The van der Waals surface area contributed by atoms with Crippen LogP contribution in [-0.4, -0.2) is 36.0 Å². The van der Waals surface area contributed by atoms with Gasteiger partial charge >= 0.3 is 5.97 Å². The van der Waals surface area contributed by atoms with Crippen molar-refractivity contribution in [1.82, 2.24) is 25.0 Å². The summed E-state index contributed by atoms with van der Waals surface area (Å²) in [6.07, 6.45) is 3.64. The summed E-state index contributed by atoms with van der Waals surface area (Å²) in [5, 5.41) is 19.2. The zero-order chi connectivity index (χ0) is 14.8. The van der Waals surface area contributed by atoms with Crippen molar-refractivity contribution in [2.75, 3.05) is 5.32 Å². The van der Waals surface area contributed by atoms with Crippen LogP contribution >= 0.6 is 0 Å². The van der Waals surface area contributed by atoms with Crippen molar-refractivity contribution in [2.45, 2.75) is 31.8 Å². The molecular weight excluding hydrogens is 276 g/mol. The van der Waals surface area contributed by atoms with Crippen LogP contribution in [0.3, 0.4) is 0 Å². The molecule has 1 aliphatic rings. The highest BCUT2D eigenvalue weighted by atomic mass is 16.4. The van der Waals surface area contributed by atoms with Gasteiger partial charge in [-0.05, 0) is 12.8 Å². The lowest BCUT2D eigenvalue weighted by molar-refractivity contribution is -0.137. The largest absolute Gasteiger partial charge is 0.480 e. The molecule has 110 valence electrons. The van der Waals surface area contributed by atoms with E-state index in [4.69, 9.17) is 5.11 Å². The first-order chi connectivity index (χ1) is 10.1. The first-order valence-corrected chi connectivity index (χ1v) is 6.56. The van der Waals surface area contributed by atoms with Crippen LogP contribution in [0.25, 0.3) is 0 Å². The Labute approximate surface area is 119 Å². The fourth-order valence-electron chi connectivity index (χ4n) is 1.93. The van der Waals surface area contributed by atoms with Gasteiger partial charge in [0.25, 0.3) is 5.56 Å². The summed E-state index contributed by atoms with van der Waals surface area (Å²) in [5.74, 6) is 0.564. The van der Waals surface area contributed by atoms with Gasteiger partial charge in [0, 0.05) is 12.0 Å². The van der Waals surface area contributed by atoms with Crippen molar-refractivity contribution in [3.63, 3.8) is 0 Å². The molecule has 2 aromatic heterocycles. The minimum Gasteiger partial charge on any atom is -0.480 e. The summed E-state index contributed by atoms with van der Waals surface area (Å²) in [7, 11) is 0. The predicted molar refractivity (Wildman–Crippen MR) is 71.8 cm³/mol. The molecule has 3 rings (SSSR count). The smallest absolute Gasteiger partial charge is 0.325 e. The van der Waals surface area contributed by atoms with Gasteiger partial charge in [0.1, 0.15) is 23.9 Å². The van der Waals surface area contributed by atoms with Gasteiger partial charge in [-0.1, -0.05) is 5.21 Å². The SMILES string of the molecule is O=C(O)Cn1cc(CNc2cc(=O)[nH]c(C3CC3)n2)nn1. The van der Waals surface area contributed by atoms with E-state index >= 15 is 0 Å². The summed E-state index contributed by atoms with van der Waals surface area (Å²) in [6, 6.07) is 1.38. The molecule has 0 unspecified atom stereocenters. The normalized spacial score (nSPS) is 14.1. The summed E-state index contributed by atoms with van der Waals surface area (Å²) in [6.45, 7) is 0.0856. The molecule has 2 aromatic rings. The molecule has 21 heavy (non-hydrogen) atoms. The fraction of sp³-hybridized carbons (Fsp3) is 0.417. The second-order valence-corrected chi connectivity index (χ2v) is 4.94. The highest BCUT2D eigenvalue weighted by molar-refractivity contribution is 5.66. The third-order valence-electron chi connectivity index (χ3n) is 3.06.